The Kier molecular flexibility index (Phi) is 2.48. The first-order valence-electron chi connectivity index (χ1n) is 4.78. The third kappa shape index (κ3) is 1.46. The van der Waals surface area contributed by atoms with Crippen molar-refractivity contribution >= 4 is 7.92 Å². The number of aliphatic hydroxyl groups is 1. The largest absolute Gasteiger partial charge is 0.392 e. The van der Waals surface area contributed by atoms with Crippen molar-refractivity contribution in [2.24, 2.45) is 0 Å². The second kappa shape index (κ2) is 3.41. The molecule has 2 aliphatic heterocycles. The van der Waals surface area contributed by atoms with Crippen LogP contribution in [0.3, 0.4) is 0 Å². The molecule has 1 nitrogen and oxygen atoms in total. The molecule has 11 heavy (non-hydrogen) atoms. The van der Waals surface area contributed by atoms with Gasteiger partial charge in [0.2, 0.25) is 0 Å². The lowest BCUT2D eigenvalue weighted by Gasteiger charge is -2.42. The Hall–Kier alpha value is 0.390. The normalized spacial score (nSPS) is 43.9. The number of rotatable bonds is 1. The minimum atomic E-state index is 0.0481. The van der Waals surface area contributed by atoms with Crippen LogP contribution < -0.4 is 0 Å². The van der Waals surface area contributed by atoms with Gasteiger partial charge in [-0.15, -0.1) is 0 Å². The van der Waals surface area contributed by atoms with Gasteiger partial charge in [-0.3, -0.25) is 0 Å². The highest BCUT2D eigenvalue weighted by atomic mass is 31.1. The molecule has 1 N–H and O–H groups in total. The lowest BCUT2D eigenvalue weighted by Crippen LogP contribution is -2.27. The van der Waals surface area contributed by atoms with Crippen LogP contribution in [0.4, 0.5) is 0 Å². The molecule has 64 valence electrons. The van der Waals surface area contributed by atoms with Crippen molar-refractivity contribution in [1.82, 2.24) is 0 Å². The molecule has 0 aliphatic carbocycles. The third-order valence-corrected chi connectivity index (χ3v) is 6.49. The van der Waals surface area contributed by atoms with Crippen molar-refractivity contribution in [3.05, 3.63) is 0 Å². The fourth-order valence-electron chi connectivity index (χ4n) is 2.66. The average Bonchev–Trinajstić information content (AvgIpc) is 2.03. The Bertz CT molecular complexity index is 116. The van der Waals surface area contributed by atoms with E-state index >= 15 is 0 Å². The Labute approximate surface area is 69.9 Å². The van der Waals surface area contributed by atoms with Crippen molar-refractivity contribution in [2.75, 3.05) is 6.35 Å². The van der Waals surface area contributed by atoms with E-state index in [-0.39, 0.29) is 7.92 Å². The fourth-order valence-corrected chi connectivity index (χ4v) is 5.77. The van der Waals surface area contributed by atoms with Crippen molar-refractivity contribution < 1.29 is 5.11 Å². The highest BCUT2D eigenvalue weighted by Gasteiger charge is 2.34. The zero-order valence-corrected chi connectivity index (χ0v) is 7.89. The average molecular weight is 172 g/mol. The van der Waals surface area contributed by atoms with Crippen molar-refractivity contribution in [1.29, 1.82) is 0 Å². The lowest BCUT2D eigenvalue weighted by molar-refractivity contribution is 0.356. The van der Waals surface area contributed by atoms with Gasteiger partial charge in [-0.05, 0) is 37.0 Å². The van der Waals surface area contributed by atoms with Gasteiger partial charge in [-0.1, -0.05) is 20.8 Å². The summed E-state index contributed by atoms with van der Waals surface area (Å²) in [6, 6.07) is 0. The molecule has 2 fully saturated rings. The molecular weight excluding hydrogens is 155 g/mol. The molecule has 2 aliphatic rings. The number of hydrogen-bond donors (Lipinski definition) is 1. The summed E-state index contributed by atoms with van der Waals surface area (Å²) in [5.41, 5.74) is 1.89. The summed E-state index contributed by atoms with van der Waals surface area (Å²) in [6.07, 6.45) is 9.07. The molecule has 2 bridgehead atoms. The molecule has 0 atom stereocenters. The Balaban J connectivity index is 2.04. The molecule has 2 rings (SSSR count). The number of aliphatic hydroxyl groups excluding tert-OH is 1. The van der Waals surface area contributed by atoms with Gasteiger partial charge < -0.3 is 5.11 Å². The second-order valence-corrected chi connectivity index (χ2v) is 6.60. The minimum absolute atomic E-state index is 0.0481. The summed E-state index contributed by atoms with van der Waals surface area (Å²) < 4.78 is 0. The lowest BCUT2D eigenvalue weighted by atomic mass is 9.99. The van der Waals surface area contributed by atoms with Gasteiger partial charge in [0.1, 0.15) is 0 Å². The first kappa shape index (κ1) is 8.01. The van der Waals surface area contributed by atoms with Crippen LogP contribution in [0.25, 0.3) is 0 Å². The van der Waals surface area contributed by atoms with Crippen LogP contribution in [-0.2, 0) is 0 Å². The first-order valence-corrected chi connectivity index (χ1v) is 6.45. The second-order valence-electron chi connectivity index (χ2n) is 3.83. The highest BCUT2D eigenvalue weighted by Crippen LogP contribution is 2.58. The monoisotopic (exact) mass is 172 g/mol. The number of hydrogen-bond acceptors (Lipinski definition) is 1. The van der Waals surface area contributed by atoms with E-state index in [4.69, 9.17) is 0 Å². The quantitative estimate of drug-likeness (QED) is 0.602. The maximum absolute atomic E-state index is 9.23. The van der Waals surface area contributed by atoms with Crippen molar-refractivity contribution in [3.63, 3.8) is 0 Å². The van der Waals surface area contributed by atoms with Gasteiger partial charge in [0.15, 0.2) is 0 Å². The van der Waals surface area contributed by atoms with E-state index in [1.807, 2.05) is 0 Å². The molecule has 0 aromatic rings. The van der Waals surface area contributed by atoms with E-state index in [1.54, 1.807) is 0 Å². The molecule has 0 radical (unpaired) electrons. The number of fused-ring (bicyclic) bond motifs is 2. The summed E-state index contributed by atoms with van der Waals surface area (Å²) in [5.74, 6) is 0. The van der Waals surface area contributed by atoms with Crippen molar-refractivity contribution in [2.45, 2.75) is 49.8 Å². The van der Waals surface area contributed by atoms with E-state index in [1.165, 1.54) is 38.5 Å². The predicted molar refractivity (Wildman–Crippen MR) is 49.3 cm³/mol. The van der Waals surface area contributed by atoms with E-state index in [9.17, 15) is 5.11 Å². The van der Waals surface area contributed by atoms with Crippen LogP contribution in [0.1, 0.15) is 38.5 Å². The fraction of sp³-hybridized carbons (Fsp3) is 1.00. The van der Waals surface area contributed by atoms with Crippen molar-refractivity contribution in [3.8, 4) is 0 Å². The van der Waals surface area contributed by atoms with Gasteiger partial charge in [-0.2, -0.15) is 0 Å². The Morgan fingerprint density at radius 2 is 1.45 bits per heavy atom. The minimum Gasteiger partial charge on any atom is -0.392 e. The van der Waals surface area contributed by atoms with E-state index in [0.717, 1.165) is 11.3 Å². The molecule has 0 unspecified atom stereocenters. The van der Waals surface area contributed by atoms with Gasteiger partial charge in [0, 0.05) is 0 Å². The molecule has 2 heteroatoms. The summed E-state index contributed by atoms with van der Waals surface area (Å²) >= 11 is 0. The summed E-state index contributed by atoms with van der Waals surface area (Å²) in [4.78, 5) is 0. The van der Waals surface area contributed by atoms with E-state index in [0.29, 0.717) is 6.35 Å². The van der Waals surface area contributed by atoms with Crippen LogP contribution in [0.2, 0.25) is 0 Å². The molecule has 0 spiro atoms. The van der Waals surface area contributed by atoms with Gasteiger partial charge in [0.25, 0.3) is 0 Å². The molecule has 0 aromatic heterocycles. The SMILES string of the molecule is OCP1C2CCCC1CCC2. The van der Waals surface area contributed by atoms with Crippen LogP contribution in [0.5, 0.6) is 0 Å². The Morgan fingerprint density at radius 1 is 1.00 bits per heavy atom. The van der Waals surface area contributed by atoms with E-state index in [2.05, 4.69) is 0 Å². The zero-order chi connectivity index (χ0) is 7.68. The summed E-state index contributed by atoms with van der Waals surface area (Å²) in [6.45, 7) is 0. The summed E-state index contributed by atoms with van der Waals surface area (Å²) in [5, 5.41) is 9.23. The highest BCUT2D eigenvalue weighted by molar-refractivity contribution is 7.59. The smallest absolute Gasteiger partial charge is 0.0629 e. The molecule has 2 saturated heterocycles. The topological polar surface area (TPSA) is 20.2 Å². The maximum Gasteiger partial charge on any atom is 0.0629 e. The molecule has 2 heterocycles. The molecule has 0 saturated carbocycles. The van der Waals surface area contributed by atoms with Crippen LogP contribution in [0.15, 0.2) is 0 Å². The molecule has 0 amide bonds. The molecular formula is C9H17OP. The van der Waals surface area contributed by atoms with Gasteiger partial charge in [0.05, 0.1) is 6.35 Å². The third-order valence-electron chi connectivity index (χ3n) is 3.25. The zero-order valence-electron chi connectivity index (χ0n) is 7.00. The maximum atomic E-state index is 9.23. The molecule has 0 aromatic carbocycles. The Morgan fingerprint density at radius 3 is 1.73 bits per heavy atom. The standard InChI is InChI=1S/C9H17OP/c10-7-11-8-3-1-4-9(11)6-2-5-8/h8-10H,1-7H2. The van der Waals surface area contributed by atoms with E-state index < -0.39 is 0 Å². The predicted octanol–water partition coefficient (Wildman–Crippen LogP) is 2.52. The van der Waals surface area contributed by atoms with Gasteiger partial charge >= 0.3 is 0 Å². The van der Waals surface area contributed by atoms with Gasteiger partial charge in [-0.25, -0.2) is 0 Å². The summed E-state index contributed by atoms with van der Waals surface area (Å²) in [7, 11) is 0.0481. The van der Waals surface area contributed by atoms with Crippen LogP contribution in [0, 0.1) is 0 Å². The van der Waals surface area contributed by atoms with Crippen LogP contribution >= 0.6 is 7.92 Å². The van der Waals surface area contributed by atoms with Crippen LogP contribution in [-0.4, -0.2) is 22.8 Å². The first-order chi connectivity index (χ1) is 5.42.